The lowest BCUT2D eigenvalue weighted by Crippen LogP contribution is -2.31. The normalized spacial score (nSPS) is 12.7. The standard InChI is InChI=1S/C13H18N4S/c1-8-4-9(2)13(15-6-8)12(17-14)5-11-7-18-10(3)16-11/h4,6-7,12,17H,5,14H2,1-3H3. The van der Waals surface area contributed by atoms with Crippen molar-refractivity contribution < 1.29 is 0 Å². The first-order valence-electron chi connectivity index (χ1n) is 5.90. The van der Waals surface area contributed by atoms with Crippen LogP contribution in [0.5, 0.6) is 0 Å². The molecular weight excluding hydrogens is 244 g/mol. The number of aromatic nitrogens is 2. The molecule has 18 heavy (non-hydrogen) atoms. The molecule has 0 bridgehead atoms. The van der Waals surface area contributed by atoms with Crippen LogP contribution < -0.4 is 11.3 Å². The van der Waals surface area contributed by atoms with E-state index >= 15 is 0 Å². The lowest BCUT2D eigenvalue weighted by molar-refractivity contribution is 0.530. The van der Waals surface area contributed by atoms with Gasteiger partial charge in [0.2, 0.25) is 0 Å². The van der Waals surface area contributed by atoms with Gasteiger partial charge in [-0.05, 0) is 31.9 Å². The van der Waals surface area contributed by atoms with Gasteiger partial charge in [-0.1, -0.05) is 6.07 Å². The maximum Gasteiger partial charge on any atom is 0.0897 e. The summed E-state index contributed by atoms with van der Waals surface area (Å²) in [6.07, 6.45) is 2.64. The van der Waals surface area contributed by atoms with Gasteiger partial charge in [-0.25, -0.2) is 4.98 Å². The van der Waals surface area contributed by atoms with Crippen molar-refractivity contribution in [2.45, 2.75) is 33.2 Å². The van der Waals surface area contributed by atoms with Crippen LogP contribution in [0, 0.1) is 20.8 Å². The second kappa shape index (κ2) is 5.56. The predicted molar refractivity (Wildman–Crippen MR) is 74.3 cm³/mol. The summed E-state index contributed by atoms with van der Waals surface area (Å²) in [6, 6.07) is 2.13. The average molecular weight is 262 g/mol. The fourth-order valence-corrected chi connectivity index (χ4v) is 2.66. The number of nitrogens with two attached hydrogens (primary N) is 1. The van der Waals surface area contributed by atoms with Crippen LogP contribution >= 0.6 is 11.3 Å². The molecule has 3 N–H and O–H groups in total. The third-order valence-corrected chi connectivity index (χ3v) is 3.69. The number of thiazole rings is 1. The summed E-state index contributed by atoms with van der Waals surface area (Å²) in [7, 11) is 0. The van der Waals surface area contributed by atoms with Gasteiger partial charge in [-0.15, -0.1) is 11.3 Å². The Labute approximate surface area is 111 Å². The highest BCUT2D eigenvalue weighted by atomic mass is 32.1. The largest absolute Gasteiger partial charge is 0.271 e. The van der Waals surface area contributed by atoms with Crippen molar-refractivity contribution in [2.24, 2.45) is 5.84 Å². The molecule has 0 aliphatic carbocycles. The second-order valence-electron chi connectivity index (χ2n) is 4.50. The Balaban J connectivity index is 2.22. The summed E-state index contributed by atoms with van der Waals surface area (Å²) in [6.45, 7) is 6.11. The van der Waals surface area contributed by atoms with Crippen molar-refractivity contribution >= 4 is 11.3 Å². The average Bonchev–Trinajstić information content (AvgIpc) is 2.72. The SMILES string of the molecule is Cc1cnc(C(Cc2csc(C)n2)NN)c(C)c1. The van der Waals surface area contributed by atoms with Gasteiger partial charge in [-0.2, -0.15) is 0 Å². The predicted octanol–water partition coefficient (Wildman–Crippen LogP) is 2.21. The number of pyridine rings is 1. The number of aryl methyl sites for hydroxylation is 3. The topological polar surface area (TPSA) is 63.8 Å². The van der Waals surface area contributed by atoms with Crippen LogP contribution in [-0.2, 0) is 6.42 Å². The summed E-state index contributed by atoms with van der Waals surface area (Å²) in [5, 5.41) is 3.15. The van der Waals surface area contributed by atoms with E-state index < -0.39 is 0 Å². The molecule has 0 aliphatic rings. The fraction of sp³-hybridized carbons (Fsp3) is 0.385. The van der Waals surface area contributed by atoms with Gasteiger partial charge in [0.1, 0.15) is 0 Å². The lowest BCUT2D eigenvalue weighted by Gasteiger charge is -2.16. The van der Waals surface area contributed by atoms with E-state index in [2.05, 4.69) is 33.8 Å². The molecule has 1 unspecified atom stereocenters. The molecule has 2 aromatic heterocycles. The van der Waals surface area contributed by atoms with Crippen LogP contribution in [-0.4, -0.2) is 9.97 Å². The van der Waals surface area contributed by atoms with Gasteiger partial charge in [-0.3, -0.25) is 16.3 Å². The summed E-state index contributed by atoms with van der Waals surface area (Å²) in [5.41, 5.74) is 7.21. The molecular formula is C13H18N4S. The number of rotatable bonds is 4. The van der Waals surface area contributed by atoms with E-state index in [9.17, 15) is 0 Å². The number of hydrogen-bond donors (Lipinski definition) is 2. The van der Waals surface area contributed by atoms with Crippen LogP contribution in [0.25, 0.3) is 0 Å². The molecule has 0 spiro atoms. The molecule has 0 fully saturated rings. The first kappa shape index (κ1) is 13.1. The third-order valence-electron chi connectivity index (χ3n) is 2.87. The Kier molecular flexibility index (Phi) is 4.06. The first-order valence-corrected chi connectivity index (χ1v) is 6.78. The Morgan fingerprint density at radius 2 is 2.17 bits per heavy atom. The molecule has 0 radical (unpaired) electrons. The number of hydrazine groups is 1. The zero-order valence-electron chi connectivity index (χ0n) is 10.9. The van der Waals surface area contributed by atoms with E-state index in [-0.39, 0.29) is 6.04 Å². The monoisotopic (exact) mass is 262 g/mol. The van der Waals surface area contributed by atoms with E-state index in [0.29, 0.717) is 0 Å². The van der Waals surface area contributed by atoms with Crippen molar-refractivity contribution in [2.75, 3.05) is 0 Å². The van der Waals surface area contributed by atoms with Crippen molar-refractivity contribution in [3.05, 3.63) is 45.2 Å². The molecule has 0 aromatic carbocycles. The van der Waals surface area contributed by atoms with Gasteiger partial charge in [0.25, 0.3) is 0 Å². The zero-order valence-corrected chi connectivity index (χ0v) is 11.7. The maximum absolute atomic E-state index is 5.65. The Hall–Kier alpha value is -1.30. The summed E-state index contributed by atoms with van der Waals surface area (Å²) in [5.74, 6) is 5.65. The molecule has 2 rings (SSSR count). The minimum Gasteiger partial charge on any atom is -0.271 e. The quantitative estimate of drug-likeness (QED) is 0.655. The maximum atomic E-state index is 5.65. The van der Waals surface area contributed by atoms with Crippen molar-refractivity contribution in [3.8, 4) is 0 Å². The molecule has 4 nitrogen and oxygen atoms in total. The van der Waals surface area contributed by atoms with Gasteiger partial charge in [0, 0.05) is 18.0 Å². The van der Waals surface area contributed by atoms with Crippen LogP contribution in [0.15, 0.2) is 17.6 Å². The van der Waals surface area contributed by atoms with E-state index in [4.69, 9.17) is 5.84 Å². The summed E-state index contributed by atoms with van der Waals surface area (Å²) < 4.78 is 0. The lowest BCUT2D eigenvalue weighted by atomic mass is 10.0. The highest BCUT2D eigenvalue weighted by molar-refractivity contribution is 7.09. The molecule has 96 valence electrons. The van der Waals surface area contributed by atoms with E-state index in [1.54, 1.807) is 11.3 Å². The van der Waals surface area contributed by atoms with Crippen LogP contribution in [0.4, 0.5) is 0 Å². The Morgan fingerprint density at radius 3 is 2.72 bits per heavy atom. The first-order chi connectivity index (χ1) is 8.60. The van der Waals surface area contributed by atoms with E-state index in [0.717, 1.165) is 33.9 Å². The molecule has 0 saturated carbocycles. The van der Waals surface area contributed by atoms with Gasteiger partial charge < -0.3 is 0 Å². The smallest absolute Gasteiger partial charge is 0.0897 e. The molecule has 2 aromatic rings. The Bertz CT molecular complexity index is 536. The van der Waals surface area contributed by atoms with Crippen molar-refractivity contribution in [1.29, 1.82) is 0 Å². The van der Waals surface area contributed by atoms with Gasteiger partial charge in [0.05, 0.1) is 22.4 Å². The van der Waals surface area contributed by atoms with E-state index in [1.165, 1.54) is 0 Å². The van der Waals surface area contributed by atoms with Crippen LogP contribution in [0.1, 0.15) is 33.6 Å². The molecule has 0 aliphatic heterocycles. The van der Waals surface area contributed by atoms with Crippen molar-refractivity contribution in [3.63, 3.8) is 0 Å². The molecule has 1 atom stereocenters. The highest BCUT2D eigenvalue weighted by Crippen LogP contribution is 2.20. The molecule has 0 amide bonds. The molecule has 0 saturated heterocycles. The number of nitrogens with one attached hydrogen (secondary N) is 1. The minimum absolute atomic E-state index is 0.00657. The highest BCUT2D eigenvalue weighted by Gasteiger charge is 2.16. The number of nitrogens with zero attached hydrogens (tertiary/aromatic N) is 2. The third kappa shape index (κ3) is 2.93. The molecule has 5 heteroatoms. The Morgan fingerprint density at radius 1 is 1.39 bits per heavy atom. The van der Waals surface area contributed by atoms with Gasteiger partial charge >= 0.3 is 0 Å². The molecule has 2 heterocycles. The summed E-state index contributed by atoms with van der Waals surface area (Å²) in [4.78, 5) is 8.95. The number of hydrogen-bond acceptors (Lipinski definition) is 5. The van der Waals surface area contributed by atoms with Crippen LogP contribution in [0.3, 0.4) is 0 Å². The summed E-state index contributed by atoms with van der Waals surface area (Å²) >= 11 is 1.66. The minimum atomic E-state index is 0.00657. The van der Waals surface area contributed by atoms with Crippen LogP contribution in [0.2, 0.25) is 0 Å². The zero-order chi connectivity index (χ0) is 13.1. The fourth-order valence-electron chi connectivity index (χ4n) is 2.04. The second-order valence-corrected chi connectivity index (χ2v) is 5.56. The van der Waals surface area contributed by atoms with Gasteiger partial charge in [0.15, 0.2) is 0 Å². The van der Waals surface area contributed by atoms with Crippen molar-refractivity contribution in [1.82, 2.24) is 15.4 Å². The van der Waals surface area contributed by atoms with E-state index in [1.807, 2.05) is 20.0 Å².